The fourth-order valence-electron chi connectivity index (χ4n) is 4.09. The number of nitrogens with one attached hydrogen (secondary N) is 1. The Morgan fingerprint density at radius 2 is 1.83 bits per heavy atom. The van der Waals surface area contributed by atoms with E-state index in [1.165, 1.54) is 6.20 Å². The van der Waals surface area contributed by atoms with Crippen molar-refractivity contribution >= 4 is 33.0 Å². The number of aromatic nitrogens is 1. The van der Waals surface area contributed by atoms with E-state index in [-0.39, 0.29) is 24.3 Å². The molecule has 0 aliphatic heterocycles. The number of sulfone groups is 1. The predicted octanol–water partition coefficient (Wildman–Crippen LogP) is 4.22. The van der Waals surface area contributed by atoms with Crippen molar-refractivity contribution in [2.75, 3.05) is 19.4 Å². The molecular formula is C21H26Cl2N2O3S. The smallest absolute Gasteiger partial charge is 0.178 e. The van der Waals surface area contributed by atoms with E-state index in [9.17, 15) is 13.5 Å². The highest BCUT2D eigenvalue weighted by molar-refractivity contribution is 7.91. The molecule has 158 valence electrons. The lowest BCUT2D eigenvalue weighted by Gasteiger charge is -2.32. The van der Waals surface area contributed by atoms with E-state index in [0.29, 0.717) is 26.6 Å². The van der Waals surface area contributed by atoms with Gasteiger partial charge in [-0.05, 0) is 62.8 Å². The third-order valence-corrected chi connectivity index (χ3v) is 8.17. The van der Waals surface area contributed by atoms with Crippen molar-refractivity contribution in [3.63, 3.8) is 0 Å². The van der Waals surface area contributed by atoms with Crippen LogP contribution in [0.15, 0.2) is 41.4 Å². The molecule has 0 spiro atoms. The number of rotatable bonds is 7. The summed E-state index contributed by atoms with van der Waals surface area (Å²) in [5.74, 6) is 0.710. The summed E-state index contributed by atoms with van der Waals surface area (Å²) in [5.41, 5.74) is 1.31. The second-order valence-electron chi connectivity index (χ2n) is 7.65. The lowest BCUT2D eigenvalue weighted by atomic mass is 9.79. The molecule has 29 heavy (non-hydrogen) atoms. The Hall–Kier alpha value is -1.18. The van der Waals surface area contributed by atoms with Crippen molar-refractivity contribution in [2.24, 2.45) is 11.8 Å². The molecule has 0 bridgehead atoms. The summed E-state index contributed by atoms with van der Waals surface area (Å²) < 4.78 is 25.8. The van der Waals surface area contributed by atoms with Crippen LogP contribution in [-0.4, -0.2) is 44.0 Å². The monoisotopic (exact) mass is 456 g/mol. The van der Waals surface area contributed by atoms with Crippen LogP contribution in [0, 0.1) is 11.8 Å². The number of likely N-dealkylation sites (N-methyl/N-ethyl adjacent to an activating group) is 1. The summed E-state index contributed by atoms with van der Waals surface area (Å²) >= 11 is 12.1. The molecule has 1 saturated carbocycles. The number of aliphatic hydroxyl groups is 1. The SMILES string of the molecule is CNC(CO)C1CCC(CS(=O)(=O)c2ccc(-c3ncc(Cl)cc3Cl)cc2)CC1. The molecule has 0 amide bonds. The van der Waals surface area contributed by atoms with E-state index in [2.05, 4.69) is 10.3 Å². The van der Waals surface area contributed by atoms with E-state index >= 15 is 0 Å². The topological polar surface area (TPSA) is 79.3 Å². The van der Waals surface area contributed by atoms with Crippen molar-refractivity contribution in [3.05, 3.63) is 46.6 Å². The molecule has 0 radical (unpaired) electrons. The van der Waals surface area contributed by atoms with E-state index in [1.807, 2.05) is 7.05 Å². The zero-order valence-electron chi connectivity index (χ0n) is 16.3. The van der Waals surface area contributed by atoms with Gasteiger partial charge in [-0.25, -0.2) is 8.42 Å². The molecule has 1 atom stereocenters. The summed E-state index contributed by atoms with van der Waals surface area (Å²) in [4.78, 5) is 4.55. The van der Waals surface area contributed by atoms with Gasteiger partial charge >= 0.3 is 0 Å². The Kier molecular flexibility index (Phi) is 7.57. The fraction of sp³-hybridized carbons (Fsp3) is 0.476. The second kappa shape index (κ2) is 9.75. The molecule has 1 heterocycles. The van der Waals surface area contributed by atoms with Gasteiger partial charge in [0.15, 0.2) is 9.84 Å². The molecule has 1 aliphatic rings. The first-order valence-corrected chi connectivity index (χ1v) is 12.2. The Balaban J connectivity index is 1.66. The number of hydrogen-bond acceptors (Lipinski definition) is 5. The van der Waals surface area contributed by atoms with Gasteiger partial charge in [-0.3, -0.25) is 4.98 Å². The van der Waals surface area contributed by atoms with Crippen LogP contribution < -0.4 is 5.32 Å². The van der Waals surface area contributed by atoms with E-state index < -0.39 is 9.84 Å². The van der Waals surface area contributed by atoms with Crippen LogP contribution in [0.1, 0.15) is 25.7 Å². The Morgan fingerprint density at radius 1 is 1.17 bits per heavy atom. The molecule has 1 aliphatic carbocycles. The highest BCUT2D eigenvalue weighted by Gasteiger charge is 2.29. The summed E-state index contributed by atoms with van der Waals surface area (Å²) in [6.07, 6.45) is 5.12. The number of hydrogen-bond donors (Lipinski definition) is 2. The highest BCUT2D eigenvalue weighted by Crippen LogP contribution is 2.33. The molecule has 5 nitrogen and oxygen atoms in total. The molecule has 2 N–H and O–H groups in total. The number of aliphatic hydroxyl groups excluding tert-OH is 1. The van der Waals surface area contributed by atoms with Crippen LogP contribution in [0.3, 0.4) is 0 Å². The first-order valence-electron chi connectivity index (χ1n) is 9.76. The summed E-state index contributed by atoms with van der Waals surface area (Å²) in [5, 5.41) is 13.5. The third-order valence-electron chi connectivity index (χ3n) is 5.78. The summed E-state index contributed by atoms with van der Waals surface area (Å²) in [6, 6.07) is 8.39. The van der Waals surface area contributed by atoms with Crippen LogP contribution in [0.4, 0.5) is 0 Å². The van der Waals surface area contributed by atoms with Gasteiger partial charge in [0.05, 0.1) is 33.0 Å². The molecule has 1 aromatic carbocycles. The third kappa shape index (κ3) is 5.50. The van der Waals surface area contributed by atoms with E-state index in [1.54, 1.807) is 30.3 Å². The summed E-state index contributed by atoms with van der Waals surface area (Å²) in [6.45, 7) is 0.114. The normalized spacial score (nSPS) is 21.1. The molecule has 8 heteroatoms. The lowest BCUT2D eigenvalue weighted by Crippen LogP contribution is -2.39. The largest absolute Gasteiger partial charge is 0.395 e. The van der Waals surface area contributed by atoms with Crippen LogP contribution in [0.2, 0.25) is 10.0 Å². The van der Waals surface area contributed by atoms with Crippen molar-refractivity contribution < 1.29 is 13.5 Å². The lowest BCUT2D eigenvalue weighted by molar-refractivity contribution is 0.164. The van der Waals surface area contributed by atoms with Crippen LogP contribution in [-0.2, 0) is 9.84 Å². The molecule has 1 aromatic heterocycles. The second-order valence-corrected chi connectivity index (χ2v) is 10.5. The Bertz CT molecular complexity index is 923. The first-order chi connectivity index (χ1) is 13.8. The van der Waals surface area contributed by atoms with Gasteiger partial charge in [-0.2, -0.15) is 0 Å². The number of nitrogens with zero attached hydrogens (tertiary/aromatic N) is 1. The van der Waals surface area contributed by atoms with Gasteiger partial charge in [-0.15, -0.1) is 0 Å². The maximum atomic E-state index is 12.9. The number of pyridine rings is 1. The minimum absolute atomic E-state index is 0.0911. The van der Waals surface area contributed by atoms with E-state index in [0.717, 1.165) is 31.2 Å². The summed E-state index contributed by atoms with van der Waals surface area (Å²) in [7, 11) is -1.51. The number of halogens is 2. The van der Waals surface area contributed by atoms with Crippen molar-refractivity contribution in [1.82, 2.24) is 10.3 Å². The van der Waals surface area contributed by atoms with Gasteiger partial charge < -0.3 is 10.4 Å². The highest BCUT2D eigenvalue weighted by atomic mass is 35.5. The van der Waals surface area contributed by atoms with Crippen LogP contribution >= 0.6 is 23.2 Å². The van der Waals surface area contributed by atoms with Crippen molar-refractivity contribution in [1.29, 1.82) is 0 Å². The van der Waals surface area contributed by atoms with Gasteiger partial charge in [0.25, 0.3) is 0 Å². The maximum absolute atomic E-state index is 12.9. The molecule has 1 unspecified atom stereocenters. The van der Waals surface area contributed by atoms with Gasteiger partial charge in [0.1, 0.15) is 0 Å². The minimum Gasteiger partial charge on any atom is -0.395 e. The zero-order valence-corrected chi connectivity index (χ0v) is 18.6. The fourth-order valence-corrected chi connectivity index (χ4v) is 6.27. The number of benzene rings is 1. The van der Waals surface area contributed by atoms with Crippen LogP contribution in [0.25, 0.3) is 11.3 Å². The Labute approximate surface area is 182 Å². The molecule has 3 rings (SSSR count). The molecule has 2 aromatic rings. The van der Waals surface area contributed by atoms with Gasteiger partial charge in [-0.1, -0.05) is 35.3 Å². The first kappa shape index (κ1) is 22.5. The maximum Gasteiger partial charge on any atom is 0.178 e. The molecule has 1 fully saturated rings. The van der Waals surface area contributed by atoms with Gasteiger partial charge in [0.2, 0.25) is 0 Å². The Morgan fingerprint density at radius 3 is 2.38 bits per heavy atom. The van der Waals surface area contributed by atoms with Crippen LogP contribution in [0.5, 0.6) is 0 Å². The zero-order chi connectivity index (χ0) is 21.0. The van der Waals surface area contributed by atoms with Gasteiger partial charge in [0, 0.05) is 17.8 Å². The average Bonchev–Trinajstić information content (AvgIpc) is 2.70. The van der Waals surface area contributed by atoms with E-state index in [4.69, 9.17) is 23.2 Å². The molecular weight excluding hydrogens is 431 g/mol. The quantitative estimate of drug-likeness (QED) is 0.651. The standard InChI is InChI=1S/C21H26Cl2N2O3S/c1-24-20(12-26)15-4-2-14(3-5-15)13-29(27,28)18-8-6-16(7-9-18)21-19(23)10-17(22)11-25-21/h6-11,14-15,20,24,26H,2-5,12-13H2,1H3. The van der Waals surface area contributed by atoms with Crippen molar-refractivity contribution in [3.8, 4) is 11.3 Å². The molecule has 0 saturated heterocycles. The minimum atomic E-state index is -3.36. The average molecular weight is 457 g/mol. The predicted molar refractivity (Wildman–Crippen MR) is 117 cm³/mol. The van der Waals surface area contributed by atoms with Crippen molar-refractivity contribution in [2.45, 2.75) is 36.6 Å².